The lowest BCUT2D eigenvalue weighted by Gasteiger charge is -2.20. The Labute approximate surface area is 193 Å². The maximum absolute atomic E-state index is 13.0. The number of hydrogen-bond donors (Lipinski definition) is 1. The van der Waals surface area contributed by atoms with Crippen LogP contribution in [-0.4, -0.2) is 41.8 Å². The number of carbonyl (C=O) groups excluding carboxylic acids is 1. The molecule has 2 atom stereocenters. The minimum Gasteiger partial charge on any atom is -0.481 e. The molecule has 1 N–H and O–H groups in total. The van der Waals surface area contributed by atoms with E-state index in [0.717, 1.165) is 28.7 Å². The first kappa shape index (κ1) is 21.3. The van der Waals surface area contributed by atoms with Gasteiger partial charge in [-0.3, -0.25) is 4.79 Å². The Morgan fingerprint density at radius 1 is 0.879 bits per heavy atom. The molecule has 1 fully saturated rings. The molecule has 5 heteroatoms. The summed E-state index contributed by atoms with van der Waals surface area (Å²) in [5.41, 5.74) is 6.82. The fraction of sp³-hybridized carbons (Fsp3) is 0.286. The van der Waals surface area contributed by atoms with Gasteiger partial charge in [-0.15, -0.1) is 0 Å². The number of hydrogen-bond acceptors (Lipinski definition) is 3. The first-order valence-electron chi connectivity index (χ1n) is 11.5. The number of likely N-dealkylation sites (tertiary alicyclic amines) is 1. The minimum absolute atomic E-state index is 0.0177. The highest BCUT2D eigenvalue weighted by Crippen LogP contribution is 2.44. The normalized spacial score (nSPS) is 19.2. The molecule has 1 amide bonds. The topological polar surface area (TPSA) is 66.8 Å². The fourth-order valence-electron chi connectivity index (χ4n) is 5.42. The van der Waals surface area contributed by atoms with E-state index < -0.39 is 18.0 Å². The van der Waals surface area contributed by atoms with Crippen LogP contribution < -0.4 is 0 Å². The summed E-state index contributed by atoms with van der Waals surface area (Å²) in [6.07, 6.45) is 0.379. The highest BCUT2D eigenvalue weighted by atomic mass is 16.6. The molecule has 3 aromatic rings. The molecule has 1 heterocycles. The summed E-state index contributed by atoms with van der Waals surface area (Å²) >= 11 is 0. The van der Waals surface area contributed by atoms with Crippen LogP contribution in [0, 0.1) is 5.92 Å². The van der Waals surface area contributed by atoms with Crippen molar-refractivity contribution in [1.29, 1.82) is 0 Å². The lowest BCUT2D eigenvalue weighted by Crippen LogP contribution is -2.31. The Hall–Kier alpha value is -3.60. The molecule has 5 rings (SSSR count). The number of aryl methyl sites for hydroxylation is 1. The second-order valence-corrected chi connectivity index (χ2v) is 8.81. The van der Waals surface area contributed by atoms with E-state index in [2.05, 4.69) is 31.2 Å². The molecule has 2 unspecified atom stereocenters. The van der Waals surface area contributed by atoms with Gasteiger partial charge in [-0.05, 0) is 39.8 Å². The van der Waals surface area contributed by atoms with Gasteiger partial charge < -0.3 is 14.7 Å². The number of benzene rings is 3. The number of nitrogens with zero attached hydrogens (tertiary/aromatic N) is 1. The van der Waals surface area contributed by atoms with Crippen LogP contribution in [0.1, 0.15) is 41.0 Å². The van der Waals surface area contributed by atoms with Gasteiger partial charge in [0, 0.05) is 24.9 Å². The van der Waals surface area contributed by atoms with Crippen molar-refractivity contribution >= 4 is 12.1 Å². The predicted octanol–water partition coefficient (Wildman–Crippen LogP) is 5.30. The summed E-state index contributed by atoms with van der Waals surface area (Å²) in [6.45, 7) is 2.81. The number of carboxylic acids is 1. The van der Waals surface area contributed by atoms with Gasteiger partial charge in [0.05, 0.1) is 5.92 Å². The second kappa shape index (κ2) is 8.74. The van der Waals surface area contributed by atoms with Crippen LogP contribution in [0.25, 0.3) is 11.1 Å². The van der Waals surface area contributed by atoms with E-state index in [1.165, 1.54) is 11.1 Å². The van der Waals surface area contributed by atoms with E-state index in [9.17, 15) is 14.7 Å². The van der Waals surface area contributed by atoms with Gasteiger partial charge in [0.2, 0.25) is 0 Å². The van der Waals surface area contributed by atoms with Crippen LogP contribution in [0.15, 0.2) is 72.8 Å². The monoisotopic (exact) mass is 441 g/mol. The van der Waals surface area contributed by atoms with E-state index in [4.69, 9.17) is 4.74 Å². The molecule has 1 aliphatic heterocycles. The lowest BCUT2D eigenvalue weighted by molar-refractivity contribution is -0.141. The number of amides is 1. The summed E-state index contributed by atoms with van der Waals surface area (Å²) in [7, 11) is 0. The van der Waals surface area contributed by atoms with Crippen LogP contribution in [0.4, 0.5) is 4.79 Å². The molecular formula is C28H27NO4. The zero-order valence-electron chi connectivity index (χ0n) is 18.6. The molecule has 33 heavy (non-hydrogen) atoms. The first-order chi connectivity index (χ1) is 16.1. The summed E-state index contributed by atoms with van der Waals surface area (Å²) in [5, 5.41) is 9.85. The van der Waals surface area contributed by atoms with Gasteiger partial charge in [0.15, 0.2) is 0 Å². The lowest BCUT2D eigenvalue weighted by atomic mass is 9.85. The first-order valence-corrected chi connectivity index (χ1v) is 11.5. The van der Waals surface area contributed by atoms with Gasteiger partial charge in [0.25, 0.3) is 0 Å². The third-order valence-corrected chi connectivity index (χ3v) is 7.07. The zero-order valence-corrected chi connectivity index (χ0v) is 18.6. The van der Waals surface area contributed by atoms with Crippen LogP contribution in [0.5, 0.6) is 0 Å². The average molecular weight is 442 g/mol. The number of carbonyl (C=O) groups is 2. The largest absolute Gasteiger partial charge is 0.481 e. The van der Waals surface area contributed by atoms with Crippen LogP contribution in [0.3, 0.4) is 0 Å². The van der Waals surface area contributed by atoms with Crippen molar-refractivity contribution in [1.82, 2.24) is 4.90 Å². The van der Waals surface area contributed by atoms with Crippen molar-refractivity contribution in [2.24, 2.45) is 5.92 Å². The minimum atomic E-state index is -0.875. The van der Waals surface area contributed by atoms with Crippen LogP contribution in [-0.2, 0) is 16.0 Å². The Kier molecular flexibility index (Phi) is 5.63. The van der Waals surface area contributed by atoms with Crippen LogP contribution >= 0.6 is 0 Å². The molecule has 3 aromatic carbocycles. The van der Waals surface area contributed by atoms with Gasteiger partial charge in [-0.2, -0.15) is 0 Å². The van der Waals surface area contributed by atoms with Gasteiger partial charge >= 0.3 is 12.1 Å². The predicted molar refractivity (Wildman–Crippen MR) is 126 cm³/mol. The van der Waals surface area contributed by atoms with E-state index in [0.29, 0.717) is 6.54 Å². The Morgan fingerprint density at radius 3 is 2.06 bits per heavy atom. The molecule has 2 aliphatic rings. The summed E-state index contributed by atoms with van der Waals surface area (Å²) in [4.78, 5) is 26.6. The molecule has 0 bridgehead atoms. The smallest absolute Gasteiger partial charge is 0.409 e. The number of rotatable bonds is 5. The molecule has 0 spiro atoms. The molecular weight excluding hydrogens is 414 g/mol. The number of aliphatic carboxylic acids is 1. The summed E-state index contributed by atoms with van der Waals surface area (Å²) in [5.74, 6) is -1.77. The fourth-order valence-corrected chi connectivity index (χ4v) is 5.42. The molecule has 1 aliphatic carbocycles. The van der Waals surface area contributed by atoms with Crippen molar-refractivity contribution < 1.29 is 19.4 Å². The summed E-state index contributed by atoms with van der Waals surface area (Å²) in [6, 6.07) is 24.4. The SMILES string of the molecule is CCc1ccccc1C1CN(C(=O)OCC2c3ccccc3-c3ccccc32)CC1C(=O)O. The van der Waals surface area contributed by atoms with E-state index in [1.807, 2.05) is 48.5 Å². The third kappa shape index (κ3) is 3.78. The van der Waals surface area contributed by atoms with Crippen molar-refractivity contribution in [3.63, 3.8) is 0 Å². The molecule has 5 nitrogen and oxygen atoms in total. The molecule has 0 saturated carbocycles. The molecule has 0 aromatic heterocycles. The third-order valence-electron chi connectivity index (χ3n) is 7.07. The van der Waals surface area contributed by atoms with E-state index in [-0.39, 0.29) is 25.0 Å². The van der Waals surface area contributed by atoms with Gasteiger partial charge in [0.1, 0.15) is 6.61 Å². The maximum Gasteiger partial charge on any atom is 0.409 e. The summed E-state index contributed by atoms with van der Waals surface area (Å²) < 4.78 is 5.79. The molecule has 0 radical (unpaired) electrons. The highest BCUT2D eigenvalue weighted by Gasteiger charge is 2.42. The van der Waals surface area contributed by atoms with Crippen LogP contribution in [0.2, 0.25) is 0 Å². The zero-order chi connectivity index (χ0) is 22.9. The standard InChI is InChI=1S/C28H27NO4/c1-2-18-9-3-4-10-19(18)24-15-29(16-25(24)27(30)31)28(32)33-17-26-22-13-7-5-11-20(22)21-12-6-8-14-23(21)26/h3-14,24-26H,2,15-17H2,1H3,(H,30,31). The van der Waals surface area contributed by atoms with Crippen molar-refractivity contribution in [2.75, 3.05) is 19.7 Å². The van der Waals surface area contributed by atoms with Gasteiger partial charge in [-0.25, -0.2) is 4.79 Å². The second-order valence-electron chi connectivity index (χ2n) is 8.81. The quantitative estimate of drug-likeness (QED) is 0.584. The maximum atomic E-state index is 13.0. The average Bonchev–Trinajstić information content (AvgIpc) is 3.43. The Bertz CT molecular complexity index is 1160. The van der Waals surface area contributed by atoms with Gasteiger partial charge in [-0.1, -0.05) is 79.7 Å². The van der Waals surface area contributed by atoms with Crippen molar-refractivity contribution in [2.45, 2.75) is 25.2 Å². The Morgan fingerprint density at radius 2 is 1.45 bits per heavy atom. The molecule has 168 valence electrons. The molecule has 1 saturated heterocycles. The number of ether oxygens (including phenoxy) is 1. The van der Waals surface area contributed by atoms with E-state index >= 15 is 0 Å². The number of carboxylic acid groups (broad SMARTS) is 1. The van der Waals surface area contributed by atoms with Crippen molar-refractivity contribution in [3.8, 4) is 11.1 Å². The number of fused-ring (bicyclic) bond motifs is 3. The van der Waals surface area contributed by atoms with E-state index in [1.54, 1.807) is 4.90 Å². The highest BCUT2D eigenvalue weighted by molar-refractivity contribution is 5.79. The van der Waals surface area contributed by atoms with Crippen molar-refractivity contribution in [3.05, 3.63) is 95.1 Å². The Balaban J connectivity index is 1.33.